The number of rotatable bonds is 6. The third-order valence-corrected chi connectivity index (χ3v) is 6.90. The summed E-state index contributed by atoms with van der Waals surface area (Å²) in [4.78, 5) is 28.8. The van der Waals surface area contributed by atoms with Crippen LogP contribution in [0.5, 0.6) is 0 Å². The predicted octanol–water partition coefficient (Wildman–Crippen LogP) is 4.03. The number of carbonyl (C=O) groups is 1. The van der Waals surface area contributed by atoms with Crippen molar-refractivity contribution in [2.24, 2.45) is 5.92 Å². The van der Waals surface area contributed by atoms with Gasteiger partial charge in [-0.1, -0.05) is 30.7 Å². The summed E-state index contributed by atoms with van der Waals surface area (Å²) >= 11 is 6.02. The Hall–Kier alpha value is -2.64. The average Bonchev–Trinajstić information content (AvgIpc) is 2.79. The summed E-state index contributed by atoms with van der Waals surface area (Å²) in [6, 6.07) is 13.0. The SMILES string of the molecule is CC[C@H](C)NC(=O)[C@H]1Cc2cc([N+](=O)[O-])ccc2N2CCN(Cc3ccc(Cl)cc3)C[C@H]12. The molecule has 170 valence electrons. The maximum atomic E-state index is 13.2. The van der Waals surface area contributed by atoms with Crippen LogP contribution in [0.3, 0.4) is 0 Å². The van der Waals surface area contributed by atoms with Gasteiger partial charge in [-0.2, -0.15) is 0 Å². The van der Waals surface area contributed by atoms with E-state index in [1.54, 1.807) is 12.1 Å². The summed E-state index contributed by atoms with van der Waals surface area (Å²) in [6.45, 7) is 7.24. The van der Waals surface area contributed by atoms with Gasteiger partial charge >= 0.3 is 0 Å². The van der Waals surface area contributed by atoms with Crippen LogP contribution in [-0.4, -0.2) is 47.4 Å². The molecule has 2 aliphatic heterocycles. The molecule has 0 radical (unpaired) electrons. The summed E-state index contributed by atoms with van der Waals surface area (Å²) < 4.78 is 0. The maximum absolute atomic E-state index is 13.2. The van der Waals surface area contributed by atoms with Crippen LogP contribution < -0.4 is 10.2 Å². The van der Waals surface area contributed by atoms with E-state index in [-0.39, 0.29) is 34.5 Å². The lowest BCUT2D eigenvalue weighted by atomic mass is 9.83. The van der Waals surface area contributed by atoms with E-state index in [2.05, 4.69) is 15.1 Å². The molecule has 2 heterocycles. The lowest BCUT2D eigenvalue weighted by Crippen LogP contribution is -2.61. The predicted molar refractivity (Wildman–Crippen MR) is 126 cm³/mol. The van der Waals surface area contributed by atoms with E-state index in [9.17, 15) is 14.9 Å². The number of nitro benzene ring substituents is 1. The highest BCUT2D eigenvalue weighted by Gasteiger charge is 2.42. The average molecular weight is 457 g/mol. The van der Waals surface area contributed by atoms with Crippen molar-refractivity contribution in [3.05, 3.63) is 68.7 Å². The molecule has 0 aliphatic carbocycles. The number of hydrogen-bond donors (Lipinski definition) is 1. The zero-order chi connectivity index (χ0) is 22.8. The lowest BCUT2D eigenvalue weighted by molar-refractivity contribution is -0.384. The highest BCUT2D eigenvalue weighted by molar-refractivity contribution is 6.30. The quantitative estimate of drug-likeness (QED) is 0.524. The standard InChI is InChI=1S/C24H29ClN4O3/c1-3-16(2)26-24(30)21-13-18-12-20(29(31)32)8-9-22(18)28-11-10-27(15-23(21)28)14-17-4-6-19(25)7-5-17/h4-9,12,16,21,23H,3,10-11,13-15H2,1-2H3,(H,26,30)/t16-,21-,23+/m0/s1. The summed E-state index contributed by atoms with van der Waals surface area (Å²) in [6.07, 6.45) is 1.37. The van der Waals surface area contributed by atoms with E-state index in [0.717, 1.165) is 48.9 Å². The molecular formula is C24H29ClN4O3. The number of benzene rings is 2. The van der Waals surface area contributed by atoms with Gasteiger partial charge in [-0.25, -0.2) is 0 Å². The minimum Gasteiger partial charge on any atom is -0.365 e. The van der Waals surface area contributed by atoms with Gasteiger partial charge in [0.15, 0.2) is 0 Å². The molecule has 2 aliphatic rings. The highest BCUT2D eigenvalue weighted by Crippen LogP contribution is 2.38. The lowest BCUT2D eigenvalue weighted by Gasteiger charge is -2.49. The van der Waals surface area contributed by atoms with E-state index in [1.807, 2.05) is 44.2 Å². The van der Waals surface area contributed by atoms with Crippen molar-refractivity contribution in [1.82, 2.24) is 10.2 Å². The van der Waals surface area contributed by atoms with E-state index in [1.165, 1.54) is 5.56 Å². The van der Waals surface area contributed by atoms with E-state index in [4.69, 9.17) is 11.6 Å². The fourth-order valence-corrected chi connectivity index (χ4v) is 4.85. The largest absolute Gasteiger partial charge is 0.365 e. The second-order valence-corrected chi connectivity index (χ2v) is 9.26. The van der Waals surface area contributed by atoms with Gasteiger partial charge in [-0.3, -0.25) is 19.8 Å². The monoisotopic (exact) mass is 456 g/mol. The first-order chi connectivity index (χ1) is 15.4. The van der Waals surface area contributed by atoms with Gasteiger partial charge in [0.1, 0.15) is 0 Å². The number of halogens is 1. The van der Waals surface area contributed by atoms with Crippen LogP contribution in [0.15, 0.2) is 42.5 Å². The molecule has 3 atom stereocenters. The molecule has 0 bridgehead atoms. The molecule has 0 unspecified atom stereocenters. The molecule has 7 nitrogen and oxygen atoms in total. The fourth-order valence-electron chi connectivity index (χ4n) is 4.73. The van der Waals surface area contributed by atoms with Crippen molar-refractivity contribution in [2.75, 3.05) is 24.5 Å². The van der Waals surface area contributed by atoms with Gasteiger partial charge in [0, 0.05) is 55.1 Å². The zero-order valence-electron chi connectivity index (χ0n) is 18.5. The van der Waals surface area contributed by atoms with Gasteiger partial charge in [0.2, 0.25) is 5.91 Å². The van der Waals surface area contributed by atoms with Crippen molar-refractivity contribution in [2.45, 2.75) is 45.3 Å². The molecule has 0 spiro atoms. The van der Waals surface area contributed by atoms with Crippen molar-refractivity contribution < 1.29 is 9.72 Å². The Kier molecular flexibility index (Phi) is 6.67. The Morgan fingerprint density at radius 3 is 2.69 bits per heavy atom. The van der Waals surface area contributed by atoms with Crippen molar-refractivity contribution in [1.29, 1.82) is 0 Å². The van der Waals surface area contributed by atoms with Crippen molar-refractivity contribution in [3.63, 3.8) is 0 Å². The fraction of sp³-hybridized carbons (Fsp3) is 0.458. The molecule has 2 aromatic rings. The summed E-state index contributed by atoms with van der Waals surface area (Å²) in [5.41, 5.74) is 3.16. The maximum Gasteiger partial charge on any atom is 0.269 e. The van der Waals surface area contributed by atoms with Gasteiger partial charge in [-0.05, 0) is 49.1 Å². The second kappa shape index (κ2) is 9.46. The smallest absolute Gasteiger partial charge is 0.269 e. The van der Waals surface area contributed by atoms with Gasteiger partial charge in [-0.15, -0.1) is 0 Å². The Morgan fingerprint density at radius 1 is 1.25 bits per heavy atom. The number of non-ortho nitro benzene ring substituents is 1. The number of piperazine rings is 1. The number of amides is 1. The summed E-state index contributed by atoms with van der Waals surface area (Å²) in [7, 11) is 0. The molecular weight excluding hydrogens is 428 g/mol. The molecule has 0 saturated carbocycles. The number of fused-ring (bicyclic) bond motifs is 3. The zero-order valence-corrected chi connectivity index (χ0v) is 19.2. The van der Waals surface area contributed by atoms with Crippen LogP contribution in [-0.2, 0) is 17.8 Å². The third-order valence-electron chi connectivity index (χ3n) is 6.65. The van der Waals surface area contributed by atoms with E-state index >= 15 is 0 Å². The summed E-state index contributed by atoms with van der Waals surface area (Å²) in [5.74, 6) is -0.230. The number of nitrogens with one attached hydrogen (secondary N) is 1. The van der Waals surface area contributed by atoms with Gasteiger partial charge in [0.25, 0.3) is 5.69 Å². The normalized spacial score (nSPS) is 21.4. The molecule has 4 rings (SSSR count). The first-order valence-electron chi connectivity index (χ1n) is 11.2. The van der Waals surface area contributed by atoms with Crippen LogP contribution in [0.25, 0.3) is 0 Å². The summed E-state index contributed by atoms with van der Waals surface area (Å²) in [5, 5.41) is 15.2. The minimum atomic E-state index is -0.370. The molecule has 0 aromatic heterocycles. The molecule has 2 aromatic carbocycles. The second-order valence-electron chi connectivity index (χ2n) is 8.82. The number of hydrogen-bond acceptors (Lipinski definition) is 5. The van der Waals surface area contributed by atoms with Crippen LogP contribution in [0.1, 0.15) is 31.4 Å². The molecule has 1 amide bonds. The third kappa shape index (κ3) is 4.74. The number of nitro groups is 1. The van der Waals surface area contributed by atoms with Gasteiger partial charge < -0.3 is 10.2 Å². The van der Waals surface area contributed by atoms with Crippen LogP contribution in [0.4, 0.5) is 11.4 Å². The van der Waals surface area contributed by atoms with Gasteiger partial charge in [0.05, 0.1) is 16.9 Å². The molecule has 8 heteroatoms. The Bertz CT molecular complexity index is 997. The number of carbonyl (C=O) groups excluding carboxylic acids is 1. The minimum absolute atomic E-state index is 0.0223. The first-order valence-corrected chi connectivity index (χ1v) is 11.5. The van der Waals surface area contributed by atoms with E-state index in [0.29, 0.717) is 6.42 Å². The Labute approximate surface area is 193 Å². The van der Waals surface area contributed by atoms with E-state index < -0.39 is 0 Å². The van der Waals surface area contributed by atoms with Crippen molar-refractivity contribution in [3.8, 4) is 0 Å². The Balaban J connectivity index is 1.60. The molecule has 1 saturated heterocycles. The molecule has 1 fully saturated rings. The van der Waals surface area contributed by atoms with Crippen molar-refractivity contribution >= 4 is 28.9 Å². The number of anilines is 1. The molecule has 32 heavy (non-hydrogen) atoms. The molecule has 1 N–H and O–H groups in total. The topological polar surface area (TPSA) is 78.7 Å². The van der Waals surface area contributed by atoms with Crippen LogP contribution >= 0.6 is 11.6 Å². The van der Waals surface area contributed by atoms with Crippen LogP contribution in [0.2, 0.25) is 5.02 Å². The first kappa shape index (κ1) is 22.6. The number of nitrogens with zero attached hydrogens (tertiary/aromatic N) is 3. The highest BCUT2D eigenvalue weighted by atomic mass is 35.5. The Morgan fingerprint density at radius 2 is 2.00 bits per heavy atom. The van der Waals surface area contributed by atoms with Crippen LogP contribution in [0, 0.1) is 16.0 Å².